The summed E-state index contributed by atoms with van der Waals surface area (Å²) < 4.78 is 35.3. The molecular weight excluding hydrogens is 362 g/mol. The zero-order chi connectivity index (χ0) is 14.2. The summed E-state index contributed by atoms with van der Waals surface area (Å²) in [5.74, 6) is 0.568. The summed E-state index contributed by atoms with van der Waals surface area (Å²) in [7, 11) is -3.47. The van der Waals surface area contributed by atoms with Crippen LogP contribution in [-0.4, -0.2) is 31.1 Å². The molecule has 3 rings (SSSR count). The zero-order valence-electron chi connectivity index (χ0n) is 10.7. The number of halogens is 1. The second-order valence-corrected chi connectivity index (χ2v) is 7.97. The van der Waals surface area contributed by atoms with E-state index in [2.05, 4.69) is 24.7 Å². The van der Waals surface area contributed by atoms with Gasteiger partial charge in [0.25, 0.3) is 0 Å². The molecule has 1 aromatic carbocycles. The smallest absolute Gasteiger partial charge is 0.207 e. The molecule has 108 valence electrons. The Morgan fingerprint density at radius 3 is 2.75 bits per heavy atom. The molecule has 0 aromatic heterocycles. The minimum Gasteiger partial charge on any atom is -0.207 e. The lowest BCUT2D eigenvalue weighted by Crippen LogP contribution is -2.38. The molecule has 2 aliphatic rings. The quantitative estimate of drug-likeness (QED) is 0.773. The maximum atomic E-state index is 12.7. The fourth-order valence-electron chi connectivity index (χ4n) is 2.43. The first-order chi connectivity index (χ1) is 9.63. The van der Waals surface area contributed by atoms with Crippen molar-refractivity contribution in [2.75, 3.05) is 18.4 Å². The fourth-order valence-corrected chi connectivity index (χ4v) is 5.30. The molecule has 2 aliphatic heterocycles. The highest BCUT2D eigenvalue weighted by Crippen LogP contribution is 2.39. The Morgan fingerprint density at radius 2 is 2.05 bits per heavy atom. The summed E-state index contributed by atoms with van der Waals surface area (Å²) in [6, 6.07) is 5.13. The van der Waals surface area contributed by atoms with E-state index in [0.29, 0.717) is 30.4 Å². The van der Waals surface area contributed by atoms with Gasteiger partial charge < -0.3 is 0 Å². The molecule has 0 radical (unpaired) electrons. The van der Waals surface area contributed by atoms with Gasteiger partial charge in [-0.25, -0.2) is 8.42 Å². The maximum Gasteiger partial charge on any atom is 0.245 e. The number of fused-ring (bicyclic) bond motifs is 1. The molecular formula is C12H14BrN3O2S2. The number of piperidine rings is 1. The van der Waals surface area contributed by atoms with E-state index in [1.54, 1.807) is 22.5 Å². The third kappa shape index (κ3) is 2.49. The zero-order valence-corrected chi connectivity index (χ0v) is 13.9. The average Bonchev–Trinajstić information content (AvgIpc) is 2.95. The lowest BCUT2D eigenvalue weighted by molar-refractivity contribution is 0.292. The standard InChI is InChI=1S/C12H14BrN3O2S2/c13-8-9-4-6-16(7-5-9)20(17,18)11-3-1-2-10-12(11)15-19-14-10/h1-3,9H,4-8H2. The monoisotopic (exact) mass is 375 g/mol. The van der Waals surface area contributed by atoms with Gasteiger partial charge in [0.05, 0.1) is 11.4 Å². The van der Waals surface area contributed by atoms with Crippen LogP contribution >= 0.6 is 15.9 Å². The molecule has 0 spiro atoms. The van der Waals surface area contributed by atoms with Crippen molar-refractivity contribution in [3.8, 4) is 0 Å². The van der Waals surface area contributed by atoms with Gasteiger partial charge in [0, 0.05) is 18.4 Å². The molecule has 0 aliphatic carbocycles. The van der Waals surface area contributed by atoms with Crippen LogP contribution < -0.4 is 0 Å². The van der Waals surface area contributed by atoms with Gasteiger partial charge in [-0.1, -0.05) is 22.0 Å². The van der Waals surface area contributed by atoms with Crippen LogP contribution in [0.25, 0.3) is 0 Å². The van der Waals surface area contributed by atoms with Crippen LogP contribution in [0, 0.1) is 5.92 Å². The lowest BCUT2D eigenvalue weighted by Gasteiger charge is -2.30. The van der Waals surface area contributed by atoms with Crippen LogP contribution in [0.5, 0.6) is 0 Å². The highest BCUT2D eigenvalue weighted by atomic mass is 79.9. The molecule has 0 bridgehead atoms. The third-order valence-electron chi connectivity index (χ3n) is 3.66. The van der Waals surface area contributed by atoms with Crippen LogP contribution in [0.2, 0.25) is 0 Å². The van der Waals surface area contributed by atoms with Gasteiger partial charge in [-0.3, -0.25) is 0 Å². The van der Waals surface area contributed by atoms with Crippen molar-refractivity contribution in [1.29, 1.82) is 0 Å². The molecule has 8 heteroatoms. The molecule has 1 saturated heterocycles. The summed E-state index contributed by atoms with van der Waals surface area (Å²) in [6.07, 6.45) is 1.80. The summed E-state index contributed by atoms with van der Waals surface area (Å²) in [5.41, 5.74) is 1.13. The molecule has 0 saturated carbocycles. The van der Waals surface area contributed by atoms with Crippen molar-refractivity contribution in [3.63, 3.8) is 0 Å². The van der Waals surface area contributed by atoms with Crippen molar-refractivity contribution >= 4 is 48.7 Å². The van der Waals surface area contributed by atoms with Gasteiger partial charge in [0.15, 0.2) is 0 Å². The van der Waals surface area contributed by atoms with Gasteiger partial charge in [0.1, 0.15) is 16.3 Å². The van der Waals surface area contributed by atoms with Gasteiger partial charge in [-0.2, -0.15) is 13.0 Å². The first-order valence-electron chi connectivity index (χ1n) is 6.40. The maximum absolute atomic E-state index is 12.7. The van der Waals surface area contributed by atoms with E-state index in [9.17, 15) is 8.42 Å². The topological polar surface area (TPSA) is 62.1 Å². The van der Waals surface area contributed by atoms with Crippen LogP contribution in [0.1, 0.15) is 12.8 Å². The molecule has 1 aromatic rings. The number of rotatable bonds is 3. The fraction of sp³-hybridized carbons (Fsp3) is 0.500. The molecule has 20 heavy (non-hydrogen) atoms. The number of hydrogen-bond acceptors (Lipinski definition) is 4. The summed E-state index contributed by atoms with van der Waals surface area (Å²) in [6.45, 7) is 1.15. The average molecular weight is 376 g/mol. The minimum absolute atomic E-state index is 0.279. The first-order valence-corrected chi connectivity index (χ1v) is 9.69. The van der Waals surface area contributed by atoms with Crippen LogP contribution in [0.4, 0.5) is 11.4 Å². The summed E-state index contributed by atoms with van der Waals surface area (Å²) >= 11 is 4.51. The number of alkyl halides is 1. The van der Waals surface area contributed by atoms with E-state index < -0.39 is 10.0 Å². The molecule has 1 fully saturated rings. The predicted octanol–water partition coefficient (Wildman–Crippen LogP) is 3.21. The van der Waals surface area contributed by atoms with Crippen molar-refractivity contribution < 1.29 is 8.42 Å². The van der Waals surface area contributed by atoms with E-state index in [1.165, 1.54) is 0 Å². The van der Waals surface area contributed by atoms with E-state index in [0.717, 1.165) is 29.5 Å². The normalized spacial score (nSPS) is 19.9. The largest absolute Gasteiger partial charge is 0.245 e. The van der Waals surface area contributed by atoms with E-state index in [4.69, 9.17) is 0 Å². The molecule has 0 unspecified atom stereocenters. The number of nitrogens with zero attached hydrogens (tertiary/aromatic N) is 3. The number of sulfonamides is 1. The Hall–Kier alpha value is -0.570. The van der Waals surface area contributed by atoms with Crippen LogP contribution in [0.15, 0.2) is 31.8 Å². The Labute approximate surface area is 130 Å². The van der Waals surface area contributed by atoms with Crippen molar-refractivity contribution in [2.24, 2.45) is 14.6 Å². The highest BCUT2D eigenvalue weighted by Gasteiger charge is 2.31. The summed E-state index contributed by atoms with van der Waals surface area (Å²) in [4.78, 5) is 0.279. The second kappa shape index (κ2) is 5.67. The minimum atomic E-state index is -3.47. The van der Waals surface area contributed by atoms with Gasteiger partial charge >= 0.3 is 0 Å². The Balaban J connectivity index is 1.91. The Bertz CT molecular complexity index is 691. The SMILES string of the molecule is O=S(=O)(c1cccc2c1N=S=N2)N1CCC(CBr)CC1. The number of benzene rings is 1. The van der Waals surface area contributed by atoms with E-state index >= 15 is 0 Å². The molecule has 2 heterocycles. The lowest BCUT2D eigenvalue weighted by atomic mass is 10.0. The van der Waals surface area contributed by atoms with Crippen LogP contribution in [-0.2, 0) is 21.4 Å². The van der Waals surface area contributed by atoms with Crippen molar-refractivity contribution in [3.05, 3.63) is 18.2 Å². The van der Waals surface area contributed by atoms with Crippen molar-refractivity contribution in [1.82, 2.24) is 4.31 Å². The van der Waals surface area contributed by atoms with Gasteiger partial charge in [-0.05, 0) is 30.9 Å². The van der Waals surface area contributed by atoms with Crippen LogP contribution in [0.3, 0.4) is 0 Å². The first kappa shape index (κ1) is 14.4. The van der Waals surface area contributed by atoms with Gasteiger partial charge in [-0.15, -0.1) is 0 Å². The highest BCUT2D eigenvalue weighted by molar-refractivity contribution is 9.09. The summed E-state index contributed by atoms with van der Waals surface area (Å²) in [5, 5.41) is 0.937. The molecule has 0 amide bonds. The van der Waals surface area contributed by atoms with E-state index in [-0.39, 0.29) is 4.90 Å². The molecule has 5 nitrogen and oxygen atoms in total. The van der Waals surface area contributed by atoms with Crippen molar-refractivity contribution in [2.45, 2.75) is 17.7 Å². The van der Waals surface area contributed by atoms with Gasteiger partial charge in [0.2, 0.25) is 10.0 Å². The Morgan fingerprint density at radius 1 is 1.30 bits per heavy atom. The molecule has 0 N–H and O–H groups in total. The number of hydrogen-bond donors (Lipinski definition) is 0. The van der Waals surface area contributed by atoms with E-state index in [1.807, 2.05) is 0 Å². The Kier molecular flexibility index (Phi) is 4.07. The third-order valence-corrected chi connectivity index (χ3v) is 7.05. The second-order valence-electron chi connectivity index (χ2n) is 4.89. The predicted molar refractivity (Wildman–Crippen MR) is 83.3 cm³/mol. The molecule has 0 atom stereocenters.